The second-order valence-electron chi connectivity index (χ2n) is 4.14. The predicted molar refractivity (Wildman–Crippen MR) is 71.5 cm³/mol. The maximum absolute atomic E-state index is 5.64. The predicted octanol–water partition coefficient (Wildman–Crippen LogP) is 2.21. The van der Waals surface area contributed by atoms with Gasteiger partial charge in [0.15, 0.2) is 0 Å². The van der Waals surface area contributed by atoms with E-state index < -0.39 is 0 Å². The van der Waals surface area contributed by atoms with E-state index in [1.54, 1.807) is 13.3 Å². The molecule has 0 aliphatic rings. The van der Waals surface area contributed by atoms with Gasteiger partial charge in [-0.2, -0.15) is 0 Å². The maximum Gasteiger partial charge on any atom is 0.133 e. The first kappa shape index (κ1) is 12.5. The van der Waals surface area contributed by atoms with Gasteiger partial charge in [-0.3, -0.25) is 0 Å². The summed E-state index contributed by atoms with van der Waals surface area (Å²) in [7, 11) is 1.66. The molecule has 1 aromatic heterocycles. The molecule has 2 aromatic rings. The molecule has 1 aromatic carbocycles. The molecular formula is C14H17N3O. The number of ether oxygens (including phenoxy) is 1. The van der Waals surface area contributed by atoms with Crippen molar-refractivity contribution in [2.45, 2.75) is 12.8 Å². The van der Waals surface area contributed by atoms with Crippen molar-refractivity contribution in [1.29, 1.82) is 0 Å². The number of nitrogens with zero attached hydrogens (tertiary/aromatic N) is 2. The van der Waals surface area contributed by atoms with Gasteiger partial charge in [0, 0.05) is 24.2 Å². The first-order valence-corrected chi connectivity index (χ1v) is 5.92. The Morgan fingerprint density at radius 1 is 1.28 bits per heavy atom. The topological polar surface area (TPSA) is 61.0 Å². The Bertz CT molecular complexity index is 528. The fourth-order valence-corrected chi connectivity index (χ4v) is 1.72. The summed E-state index contributed by atoms with van der Waals surface area (Å²) >= 11 is 0. The van der Waals surface area contributed by atoms with Crippen LogP contribution in [0.4, 0.5) is 0 Å². The smallest absolute Gasteiger partial charge is 0.133 e. The molecule has 18 heavy (non-hydrogen) atoms. The number of benzene rings is 1. The molecule has 2 N–H and O–H groups in total. The lowest BCUT2D eigenvalue weighted by molar-refractivity contribution is 0.416. The molecule has 0 spiro atoms. The van der Waals surface area contributed by atoms with Crippen LogP contribution < -0.4 is 10.5 Å². The van der Waals surface area contributed by atoms with Gasteiger partial charge in [0.1, 0.15) is 11.6 Å². The van der Waals surface area contributed by atoms with E-state index in [1.807, 2.05) is 37.3 Å². The van der Waals surface area contributed by atoms with Gasteiger partial charge in [-0.15, -0.1) is 0 Å². The molecule has 2 rings (SSSR count). The summed E-state index contributed by atoms with van der Waals surface area (Å²) in [5.41, 5.74) is 7.47. The van der Waals surface area contributed by atoms with Gasteiger partial charge in [-0.25, -0.2) is 9.97 Å². The van der Waals surface area contributed by atoms with Gasteiger partial charge in [0.05, 0.1) is 12.8 Å². The summed E-state index contributed by atoms with van der Waals surface area (Å²) in [6.45, 7) is 2.55. The van der Waals surface area contributed by atoms with E-state index in [0.29, 0.717) is 6.54 Å². The quantitative estimate of drug-likeness (QED) is 0.894. The highest BCUT2D eigenvalue weighted by molar-refractivity contribution is 5.66. The van der Waals surface area contributed by atoms with Crippen molar-refractivity contribution in [3.63, 3.8) is 0 Å². The van der Waals surface area contributed by atoms with Crippen molar-refractivity contribution in [1.82, 2.24) is 9.97 Å². The van der Waals surface area contributed by atoms with Crippen LogP contribution in [0.3, 0.4) is 0 Å². The number of hydrogen-bond acceptors (Lipinski definition) is 4. The molecule has 0 fully saturated rings. The summed E-state index contributed by atoms with van der Waals surface area (Å²) in [6.07, 6.45) is 1.76. The van der Waals surface area contributed by atoms with Crippen molar-refractivity contribution in [3.8, 4) is 17.0 Å². The number of nitrogens with two attached hydrogens (primary N) is 1. The molecular weight excluding hydrogens is 226 g/mol. The van der Waals surface area contributed by atoms with E-state index in [2.05, 4.69) is 9.97 Å². The Morgan fingerprint density at radius 3 is 2.78 bits per heavy atom. The van der Waals surface area contributed by atoms with E-state index in [9.17, 15) is 0 Å². The largest absolute Gasteiger partial charge is 0.496 e. The summed E-state index contributed by atoms with van der Waals surface area (Å²) in [5.74, 6) is 1.73. The lowest BCUT2D eigenvalue weighted by Crippen LogP contribution is -2.12. The molecule has 0 radical (unpaired) electrons. The second-order valence-corrected chi connectivity index (χ2v) is 4.14. The molecule has 0 saturated heterocycles. The average molecular weight is 243 g/mol. The molecule has 1 atom stereocenters. The molecule has 0 aliphatic carbocycles. The normalized spacial score (nSPS) is 12.2. The maximum atomic E-state index is 5.64. The molecule has 94 valence electrons. The highest BCUT2D eigenvalue weighted by Gasteiger charge is 2.10. The Morgan fingerprint density at radius 2 is 2.06 bits per heavy atom. The first-order chi connectivity index (χ1) is 8.76. The lowest BCUT2D eigenvalue weighted by atomic mass is 10.1. The SMILES string of the molecule is COc1ccccc1-c1ccnc(C(C)CN)n1. The van der Waals surface area contributed by atoms with Crippen LogP contribution in [0.1, 0.15) is 18.7 Å². The van der Waals surface area contributed by atoms with E-state index in [0.717, 1.165) is 22.8 Å². The average Bonchev–Trinajstić information content (AvgIpc) is 2.46. The monoisotopic (exact) mass is 243 g/mol. The Kier molecular flexibility index (Phi) is 3.89. The molecule has 1 unspecified atom stereocenters. The summed E-state index contributed by atoms with van der Waals surface area (Å²) in [4.78, 5) is 8.81. The van der Waals surface area contributed by atoms with Crippen LogP contribution in [0.2, 0.25) is 0 Å². The van der Waals surface area contributed by atoms with Crippen molar-refractivity contribution in [3.05, 3.63) is 42.4 Å². The van der Waals surface area contributed by atoms with E-state index >= 15 is 0 Å². The van der Waals surface area contributed by atoms with Gasteiger partial charge in [0.25, 0.3) is 0 Å². The van der Waals surface area contributed by atoms with Gasteiger partial charge >= 0.3 is 0 Å². The van der Waals surface area contributed by atoms with E-state index in [1.165, 1.54) is 0 Å². The summed E-state index contributed by atoms with van der Waals surface area (Å²) in [6, 6.07) is 9.69. The molecule has 4 heteroatoms. The third-order valence-electron chi connectivity index (χ3n) is 2.85. The summed E-state index contributed by atoms with van der Waals surface area (Å²) < 4.78 is 5.34. The zero-order valence-electron chi connectivity index (χ0n) is 10.6. The molecule has 0 aliphatic heterocycles. The minimum atomic E-state index is 0.152. The second kappa shape index (κ2) is 5.60. The Balaban J connectivity index is 2.44. The van der Waals surface area contributed by atoms with Gasteiger partial charge in [0.2, 0.25) is 0 Å². The minimum absolute atomic E-state index is 0.152. The van der Waals surface area contributed by atoms with Crippen LogP contribution in [0.15, 0.2) is 36.5 Å². The fourth-order valence-electron chi connectivity index (χ4n) is 1.72. The van der Waals surface area contributed by atoms with Crippen LogP contribution in [0, 0.1) is 0 Å². The van der Waals surface area contributed by atoms with Crippen molar-refractivity contribution in [2.75, 3.05) is 13.7 Å². The molecule has 0 bridgehead atoms. The van der Waals surface area contributed by atoms with Crippen LogP contribution in [0.25, 0.3) is 11.3 Å². The number of aromatic nitrogens is 2. The van der Waals surface area contributed by atoms with Crippen LogP contribution in [0.5, 0.6) is 5.75 Å². The zero-order valence-corrected chi connectivity index (χ0v) is 10.6. The standard InChI is InChI=1S/C14H17N3O/c1-10(9-15)14-16-8-7-12(17-14)11-5-3-4-6-13(11)18-2/h3-8,10H,9,15H2,1-2H3. The fraction of sp³-hybridized carbons (Fsp3) is 0.286. The lowest BCUT2D eigenvalue weighted by Gasteiger charge is -2.10. The van der Waals surface area contributed by atoms with E-state index in [-0.39, 0.29) is 5.92 Å². The first-order valence-electron chi connectivity index (χ1n) is 5.92. The third-order valence-corrected chi connectivity index (χ3v) is 2.85. The van der Waals surface area contributed by atoms with Crippen molar-refractivity contribution < 1.29 is 4.74 Å². The number of methoxy groups -OCH3 is 1. The highest BCUT2D eigenvalue weighted by atomic mass is 16.5. The molecule has 4 nitrogen and oxygen atoms in total. The minimum Gasteiger partial charge on any atom is -0.496 e. The number of rotatable bonds is 4. The zero-order chi connectivity index (χ0) is 13.0. The van der Waals surface area contributed by atoms with Crippen LogP contribution in [-0.4, -0.2) is 23.6 Å². The van der Waals surface area contributed by atoms with Crippen LogP contribution >= 0.6 is 0 Å². The van der Waals surface area contributed by atoms with Gasteiger partial charge in [-0.05, 0) is 18.2 Å². The van der Waals surface area contributed by atoms with Gasteiger partial charge < -0.3 is 10.5 Å². The number of hydrogen-bond donors (Lipinski definition) is 1. The molecule has 1 heterocycles. The third kappa shape index (κ3) is 2.49. The van der Waals surface area contributed by atoms with Crippen LogP contribution in [-0.2, 0) is 0 Å². The van der Waals surface area contributed by atoms with E-state index in [4.69, 9.17) is 10.5 Å². The molecule has 0 saturated carbocycles. The molecule has 0 amide bonds. The Hall–Kier alpha value is -1.94. The summed E-state index contributed by atoms with van der Waals surface area (Å²) in [5, 5.41) is 0. The number of para-hydroxylation sites is 1. The van der Waals surface area contributed by atoms with Crippen molar-refractivity contribution >= 4 is 0 Å². The highest BCUT2D eigenvalue weighted by Crippen LogP contribution is 2.28. The van der Waals surface area contributed by atoms with Crippen molar-refractivity contribution in [2.24, 2.45) is 5.73 Å². The van der Waals surface area contributed by atoms with Gasteiger partial charge in [-0.1, -0.05) is 19.1 Å². The Labute approximate surface area is 107 Å².